The number of hydrogen-bond donors (Lipinski definition) is 1. The van der Waals surface area contributed by atoms with Gasteiger partial charge in [0.25, 0.3) is 0 Å². The Kier molecular flexibility index (Phi) is 2.03. The largest absolute Gasteiger partial charge is 0.391 e. The van der Waals surface area contributed by atoms with Crippen LogP contribution in [0.4, 0.5) is 5.82 Å². The highest BCUT2D eigenvalue weighted by atomic mass is 16.3. The van der Waals surface area contributed by atoms with Crippen molar-refractivity contribution in [3.8, 4) is 0 Å². The van der Waals surface area contributed by atoms with Crippen LogP contribution in [0.2, 0.25) is 0 Å². The van der Waals surface area contributed by atoms with Gasteiger partial charge in [-0.3, -0.25) is 4.68 Å². The van der Waals surface area contributed by atoms with Crippen molar-refractivity contribution >= 4 is 5.82 Å². The van der Waals surface area contributed by atoms with Crippen molar-refractivity contribution in [2.75, 3.05) is 17.9 Å². The molecule has 1 aliphatic heterocycles. The maximum Gasteiger partial charge on any atom is 0.150 e. The van der Waals surface area contributed by atoms with Gasteiger partial charge in [0.15, 0.2) is 5.82 Å². The van der Waals surface area contributed by atoms with E-state index in [1.165, 1.54) is 0 Å². The van der Waals surface area contributed by atoms with Crippen molar-refractivity contribution in [2.45, 2.75) is 19.1 Å². The molecule has 1 unspecified atom stereocenters. The molecule has 1 fully saturated rings. The van der Waals surface area contributed by atoms with Gasteiger partial charge in [0.1, 0.15) is 0 Å². The van der Waals surface area contributed by atoms with Gasteiger partial charge in [0.2, 0.25) is 0 Å². The van der Waals surface area contributed by atoms with Crippen LogP contribution in [0.25, 0.3) is 0 Å². The highest BCUT2D eigenvalue weighted by Gasteiger charge is 2.21. The van der Waals surface area contributed by atoms with Crippen LogP contribution in [-0.2, 0) is 6.54 Å². The van der Waals surface area contributed by atoms with Crippen LogP contribution in [0.1, 0.15) is 17.5 Å². The molecule has 94 valence electrons. The normalized spacial score (nSPS) is 28.3. The molecule has 0 bridgehead atoms. The third-order valence-corrected chi connectivity index (χ3v) is 2.76. The molecule has 1 N–H and O–H groups in total. The Bertz CT molecular complexity index is 659. The lowest BCUT2D eigenvalue weighted by Crippen LogP contribution is -2.21. The monoisotopic (exact) mass is 247 g/mol. The summed E-state index contributed by atoms with van der Waals surface area (Å²) in [4.78, 5) is 0.923. The molecule has 1 saturated heterocycles. The lowest BCUT2D eigenvalue weighted by molar-refractivity contribution is 0.198. The Morgan fingerprint density at radius 3 is 2.89 bits per heavy atom. The summed E-state index contributed by atoms with van der Waals surface area (Å²) in [6, 6.07) is 11.3. The molecule has 1 atom stereocenters. The molecule has 0 amide bonds. The van der Waals surface area contributed by atoms with Crippen LogP contribution in [0, 0.1) is 0 Å². The molecule has 0 saturated carbocycles. The van der Waals surface area contributed by atoms with Crippen LogP contribution in [0.3, 0.4) is 0 Å². The van der Waals surface area contributed by atoms with Crippen molar-refractivity contribution in [1.82, 2.24) is 9.78 Å². The van der Waals surface area contributed by atoms with Crippen molar-refractivity contribution < 1.29 is 10.6 Å². The second-order valence-corrected chi connectivity index (χ2v) is 4.20. The van der Waals surface area contributed by atoms with E-state index in [4.69, 9.17) is 5.48 Å². The van der Waals surface area contributed by atoms with Crippen molar-refractivity contribution in [3.05, 3.63) is 48.2 Å². The van der Waals surface area contributed by atoms with Gasteiger partial charge in [0, 0.05) is 28.0 Å². The van der Waals surface area contributed by atoms with E-state index in [1.807, 2.05) is 30.3 Å². The minimum absolute atomic E-state index is 0.183. The molecule has 0 spiro atoms. The molecule has 3 rings (SSSR count). The molecule has 18 heavy (non-hydrogen) atoms. The van der Waals surface area contributed by atoms with E-state index in [1.54, 1.807) is 16.9 Å². The highest BCUT2D eigenvalue weighted by molar-refractivity contribution is 5.38. The molecule has 1 aromatic heterocycles. The van der Waals surface area contributed by atoms with Crippen LogP contribution < -0.4 is 4.90 Å². The number of nitrogens with zero attached hydrogens (tertiary/aromatic N) is 3. The van der Waals surface area contributed by atoms with E-state index >= 15 is 0 Å². The Balaban J connectivity index is 1.87. The lowest BCUT2D eigenvalue weighted by atomic mass is 10.2. The SMILES string of the molecule is [2H]C1([2H])CC(O)C([2H])([2H])N1c1ccn(Cc2ccccc2)n1. The minimum Gasteiger partial charge on any atom is -0.391 e. The molecule has 2 heterocycles. The molecule has 1 aliphatic rings. The molecule has 0 radical (unpaired) electrons. The summed E-state index contributed by atoms with van der Waals surface area (Å²) in [5, 5.41) is 14.0. The van der Waals surface area contributed by atoms with E-state index in [0.717, 1.165) is 10.5 Å². The molecular formula is C14H17N3O. The van der Waals surface area contributed by atoms with Crippen LogP contribution in [-0.4, -0.2) is 34.0 Å². The van der Waals surface area contributed by atoms with Crippen LogP contribution in [0.5, 0.6) is 0 Å². The summed E-state index contributed by atoms with van der Waals surface area (Å²) in [6.45, 7) is -3.65. The first kappa shape index (κ1) is 7.59. The van der Waals surface area contributed by atoms with Crippen molar-refractivity contribution in [3.63, 3.8) is 0 Å². The molecular weight excluding hydrogens is 226 g/mol. The van der Waals surface area contributed by atoms with Crippen molar-refractivity contribution in [1.29, 1.82) is 0 Å². The predicted molar refractivity (Wildman–Crippen MR) is 70.6 cm³/mol. The maximum atomic E-state index is 9.78. The Hall–Kier alpha value is -1.81. The standard InChI is InChI=1S/C14H17N3O/c18-13-6-8-16(11-13)14-7-9-17(15-14)10-12-4-2-1-3-5-12/h1-5,7,9,13,18H,6,8,10-11H2/i8D2,11D2. The summed E-state index contributed by atoms with van der Waals surface area (Å²) >= 11 is 0. The number of aliphatic hydroxyl groups is 1. The second kappa shape index (κ2) is 4.82. The zero-order valence-electron chi connectivity index (χ0n) is 13.8. The quantitative estimate of drug-likeness (QED) is 0.893. The van der Waals surface area contributed by atoms with E-state index in [9.17, 15) is 5.11 Å². The smallest absolute Gasteiger partial charge is 0.150 e. The number of aliphatic hydroxyl groups excluding tert-OH is 1. The van der Waals surface area contributed by atoms with E-state index in [-0.39, 0.29) is 12.2 Å². The van der Waals surface area contributed by atoms with Gasteiger partial charge in [-0.15, -0.1) is 0 Å². The fourth-order valence-electron chi connectivity index (χ4n) is 1.89. The average molecular weight is 247 g/mol. The first-order chi connectivity index (χ1) is 10.3. The fraction of sp³-hybridized carbons (Fsp3) is 0.357. The van der Waals surface area contributed by atoms with Crippen LogP contribution >= 0.6 is 0 Å². The molecule has 1 aromatic carbocycles. The third-order valence-electron chi connectivity index (χ3n) is 2.76. The number of β-amino-alcohol motifs (C(OH)–C–C–N with tert-alkyl or cyclic N) is 1. The first-order valence-corrected chi connectivity index (χ1v) is 5.86. The Morgan fingerprint density at radius 2 is 2.17 bits per heavy atom. The van der Waals surface area contributed by atoms with Gasteiger partial charge in [-0.2, -0.15) is 5.10 Å². The topological polar surface area (TPSA) is 41.3 Å². The maximum absolute atomic E-state index is 9.78. The number of rotatable bonds is 3. The predicted octanol–water partition coefficient (Wildman–Crippen LogP) is 1.50. The summed E-state index contributed by atoms with van der Waals surface area (Å²) in [7, 11) is 0. The lowest BCUT2D eigenvalue weighted by Gasteiger charge is -2.13. The summed E-state index contributed by atoms with van der Waals surface area (Å²) in [5.74, 6) is 0.183. The zero-order chi connectivity index (χ0) is 16.0. The third kappa shape index (κ3) is 2.38. The molecule has 0 aliphatic carbocycles. The Labute approximate surface area is 112 Å². The van der Waals surface area contributed by atoms with E-state index in [2.05, 4.69) is 5.10 Å². The highest BCUT2D eigenvalue weighted by Crippen LogP contribution is 2.18. The van der Waals surface area contributed by atoms with Gasteiger partial charge < -0.3 is 10.0 Å². The van der Waals surface area contributed by atoms with E-state index < -0.39 is 19.1 Å². The minimum atomic E-state index is -2.19. The number of benzene rings is 1. The number of aromatic nitrogens is 2. The van der Waals surface area contributed by atoms with Crippen molar-refractivity contribution in [2.24, 2.45) is 0 Å². The molecule has 4 heteroatoms. The summed E-state index contributed by atoms with van der Waals surface area (Å²) in [5.41, 5.74) is 1.05. The van der Waals surface area contributed by atoms with Gasteiger partial charge >= 0.3 is 0 Å². The first-order valence-electron chi connectivity index (χ1n) is 7.86. The fourth-order valence-corrected chi connectivity index (χ4v) is 1.89. The zero-order valence-corrected chi connectivity index (χ0v) is 9.82. The van der Waals surface area contributed by atoms with Gasteiger partial charge in [-0.25, -0.2) is 0 Å². The molecule has 2 aromatic rings. The van der Waals surface area contributed by atoms with Gasteiger partial charge in [-0.1, -0.05) is 30.3 Å². The number of anilines is 1. The van der Waals surface area contributed by atoms with E-state index in [0.29, 0.717) is 6.54 Å². The average Bonchev–Trinajstić information content (AvgIpc) is 2.92. The summed E-state index contributed by atoms with van der Waals surface area (Å²) in [6.07, 6.45) is 0.00634. The van der Waals surface area contributed by atoms with Crippen LogP contribution in [0.15, 0.2) is 42.6 Å². The Morgan fingerprint density at radius 1 is 1.33 bits per heavy atom. The summed E-state index contributed by atoms with van der Waals surface area (Å²) < 4.78 is 33.4. The second-order valence-electron chi connectivity index (χ2n) is 4.20. The number of hydrogen-bond acceptors (Lipinski definition) is 3. The van der Waals surface area contributed by atoms with Gasteiger partial charge in [0.05, 0.1) is 15.4 Å². The van der Waals surface area contributed by atoms with Gasteiger partial charge in [-0.05, 0) is 12.0 Å². The molecule has 4 nitrogen and oxygen atoms in total.